The molecule has 0 saturated heterocycles. The summed E-state index contributed by atoms with van der Waals surface area (Å²) >= 11 is 0. The van der Waals surface area contributed by atoms with Crippen LogP contribution in [0.5, 0.6) is 0 Å². The molecule has 1 aliphatic carbocycles. The van der Waals surface area contributed by atoms with E-state index in [9.17, 15) is 5.11 Å². The Bertz CT molecular complexity index is 574. The van der Waals surface area contributed by atoms with Crippen molar-refractivity contribution in [2.75, 3.05) is 0 Å². The van der Waals surface area contributed by atoms with Gasteiger partial charge in [-0.15, -0.1) is 0 Å². The lowest BCUT2D eigenvalue weighted by molar-refractivity contribution is 0.0787. The molecule has 3 nitrogen and oxygen atoms in total. The first kappa shape index (κ1) is 10.8. The molecule has 1 aromatic carbocycles. The number of aromatic nitrogens is 2. The topological polar surface area (TPSA) is 38.1 Å². The van der Waals surface area contributed by atoms with Crippen molar-refractivity contribution < 1.29 is 5.11 Å². The van der Waals surface area contributed by atoms with E-state index in [2.05, 4.69) is 22.5 Å². The zero-order valence-corrected chi connectivity index (χ0v) is 10.6. The van der Waals surface area contributed by atoms with E-state index >= 15 is 0 Å². The average Bonchev–Trinajstić information content (AvgIpc) is 2.99. The molecule has 0 unspecified atom stereocenters. The first-order valence-corrected chi connectivity index (χ1v) is 6.18. The van der Waals surface area contributed by atoms with Gasteiger partial charge in [0.2, 0.25) is 0 Å². The van der Waals surface area contributed by atoms with Gasteiger partial charge in [-0.3, -0.25) is 0 Å². The van der Waals surface area contributed by atoms with Crippen LogP contribution in [0, 0.1) is 6.92 Å². The normalized spacial score (nSPS) is 16.7. The molecule has 17 heavy (non-hydrogen) atoms. The van der Waals surface area contributed by atoms with Crippen LogP contribution < -0.4 is 0 Å². The first-order valence-electron chi connectivity index (χ1n) is 6.18. The van der Waals surface area contributed by atoms with Gasteiger partial charge in [-0.05, 0) is 51.3 Å². The van der Waals surface area contributed by atoms with Crippen LogP contribution >= 0.6 is 0 Å². The molecule has 0 aliphatic heterocycles. The van der Waals surface area contributed by atoms with Crippen LogP contribution in [0.25, 0.3) is 11.0 Å². The number of benzene rings is 1. The van der Waals surface area contributed by atoms with Crippen molar-refractivity contribution in [3.8, 4) is 0 Å². The van der Waals surface area contributed by atoms with E-state index in [4.69, 9.17) is 0 Å². The summed E-state index contributed by atoms with van der Waals surface area (Å²) in [6.07, 6.45) is 2.53. The molecule has 2 aromatic rings. The van der Waals surface area contributed by atoms with Crippen LogP contribution in [-0.4, -0.2) is 14.7 Å². The number of nitrogens with zero attached hydrogens (tertiary/aromatic N) is 2. The van der Waals surface area contributed by atoms with E-state index in [1.807, 2.05) is 12.1 Å². The van der Waals surface area contributed by atoms with Crippen LogP contribution in [0.15, 0.2) is 18.2 Å². The third-order valence-corrected chi connectivity index (χ3v) is 3.48. The van der Waals surface area contributed by atoms with Crippen LogP contribution in [-0.2, 0) is 5.60 Å². The Morgan fingerprint density at radius 2 is 2.06 bits per heavy atom. The van der Waals surface area contributed by atoms with Crippen molar-refractivity contribution in [3.05, 3.63) is 29.6 Å². The molecular formula is C14H18N2O. The highest BCUT2D eigenvalue weighted by Gasteiger charge is 2.27. The summed E-state index contributed by atoms with van der Waals surface area (Å²) in [7, 11) is 0. The Morgan fingerprint density at radius 3 is 2.65 bits per heavy atom. The van der Waals surface area contributed by atoms with Crippen LogP contribution in [0.4, 0.5) is 0 Å². The second-order valence-corrected chi connectivity index (χ2v) is 5.52. The van der Waals surface area contributed by atoms with Gasteiger partial charge in [-0.2, -0.15) is 0 Å². The fourth-order valence-electron chi connectivity index (χ4n) is 2.39. The maximum Gasteiger partial charge on any atom is 0.106 e. The fraction of sp³-hybridized carbons (Fsp3) is 0.500. The van der Waals surface area contributed by atoms with Gasteiger partial charge in [0.25, 0.3) is 0 Å². The van der Waals surface area contributed by atoms with Gasteiger partial charge in [0, 0.05) is 6.04 Å². The minimum atomic E-state index is -0.800. The number of hydrogen-bond acceptors (Lipinski definition) is 2. The Kier molecular flexibility index (Phi) is 2.11. The minimum absolute atomic E-state index is 0.646. The van der Waals surface area contributed by atoms with Gasteiger partial charge in [0.05, 0.1) is 16.6 Å². The Balaban J connectivity index is 2.18. The number of imidazole rings is 1. The molecule has 0 radical (unpaired) electrons. The Labute approximate surface area is 101 Å². The van der Waals surface area contributed by atoms with Gasteiger partial charge in [-0.25, -0.2) is 4.98 Å². The lowest BCUT2D eigenvalue weighted by atomic mass is 9.98. The number of fused-ring (bicyclic) bond motifs is 1. The standard InChI is InChI=1S/C14H18N2O/c1-9-15-12-8-10(14(2,3)17)4-7-13(12)16(9)11-5-6-11/h4,7-8,11,17H,5-6H2,1-3H3. The second-order valence-electron chi connectivity index (χ2n) is 5.52. The zero-order chi connectivity index (χ0) is 12.2. The number of hydrogen-bond donors (Lipinski definition) is 1. The van der Waals surface area contributed by atoms with Crippen LogP contribution in [0.2, 0.25) is 0 Å². The van der Waals surface area contributed by atoms with Crippen LogP contribution in [0.3, 0.4) is 0 Å². The summed E-state index contributed by atoms with van der Waals surface area (Å²) < 4.78 is 2.32. The van der Waals surface area contributed by atoms with Gasteiger partial charge in [-0.1, -0.05) is 6.07 Å². The maximum absolute atomic E-state index is 10.0. The average molecular weight is 230 g/mol. The molecule has 3 heteroatoms. The molecule has 1 fully saturated rings. The van der Waals surface area contributed by atoms with E-state index in [1.54, 1.807) is 13.8 Å². The van der Waals surface area contributed by atoms with E-state index in [-0.39, 0.29) is 0 Å². The summed E-state index contributed by atoms with van der Waals surface area (Å²) in [5.41, 5.74) is 2.31. The number of aliphatic hydroxyl groups is 1. The lowest BCUT2D eigenvalue weighted by Crippen LogP contribution is -2.15. The Hall–Kier alpha value is -1.35. The third-order valence-electron chi connectivity index (χ3n) is 3.48. The van der Waals surface area contributed by atoms with Crippen molar-refractivity contribution in [2.24, 2.45) is 0 Å². The quantitative estimate of drug-likeness (QED) is 0.861. The van der Waals surface area contributed by atoms with Gasteiger partial charge >= 0.3 is 0 Å². The highest BCUT2D eigenvalue weighted by molar-refractivity contribution is 5.77. The first-order chi connectivity index (χ1) is 7.97. The molecule has 1 heterocycles. The highest BCUT2D eigenvalue weighted by atomic mass is 16.3. The molecule has 0 spiro atoms. The van der Waals surface area contributed by atoms with E-state index < -0.39 is 5.60 Å². The second kappa shape index (κ2) is 3.33. The maximum atomic E-state index is 10.0. The monoisotopic (exact) mass is 230 g/mol. The van der Waals surface area contributed by atoms with Gasteiger partial charge < -0.3 is 9.67 Å². The summed E-state index contributed by atoms with van der Waals surface area (Å²) in [5, 5.41) is 10.0. The largest absolute Gasteiger partial charge is 0.386 e. The highest BCUT2D eigenvalue weighted by Crippen LogP contribution is 2.39. The van der Waals surface area contributed by atoms with Gasteiger partial charge in [0.15, 0.2) is 0 Å². The molecular weight excluding hydrogens is 212 g/mol. The molecule has 1 aliphatic rings. The minimum Gasteiger partial charge on any atom is -0.386 e. The van der Waals surface area contributed by atoms with E-state index in [1.165, 1.54) is 18.4 Å². The summed E-state index contributed by atoms with van der Waals surface area (Å²) in [4.78, 5) is 4.60. The van der Waals surface area contributed by atoms with Crippen molar-refractivity contribution in [3.63, 3.8) is 0 Å². The number of rotatable bonds is 2. The van der Waals surface area contributed by atoms with Crippen molar-refractivity contribution in [2.45, 2.75) is 45.3 Å². The Morgan fingerprint density at radius 1 is 1.35 bits per heavy atom. The predicted molar refractivity (Wildman–Crippen MR) is 68.0 cm³/mol. The van der Waals surface area contributed by atoms with E-state index in [0.717, 1.165) is 16.9 Å². The molecule has 1 aromatic heterocycles. The van der Waals surface area contributed by atoms with E-state index in [0.29, 0.717) is 6.04 Å². The molecule has 3 rings (SSSR count). The van der Waals surface area contributed by atoms with Crippen molar-refractivity contribution >= 4 is 11.0 Å². The molecule has 1 N–H and O–H groups in total. The molecule has 0 bridgehead atoms. The van der Waals surface area contributed by atoms with Gasteiger partial charge in [0.1, 0.15) is 5.82 Å². The summed E-state index contributed by atoms with van der Waals surface area (Å²) in [5.74, 6) is 1.08. The number of aryl methyl sites for hydroxylation is 1. The molecule has 0 atom stereocenters. The molecule has 1 saturated carbocycles. The SMILES string of the molecule is Cc1nc2cc(C(C)(C)O)ccc2n1C1CC1. The predicted octanol–water partition coefficient (Wildman–Crippen LogP) is 2.91. The third kappa shape index (κ3) is 1.75. The molecule has 90 valence electrons. The summed E-state index contributed by atoms with van der Waals surface area (Å²) in [6, 6.07) is 6.73. The summed E-state index contributed by atoms with van der Waals surface area (Å²) in [6.45, 7) is 5.67. The zero-order valence-electron chi connectivity index (χ0n) is 10.6. The van der Waals surface area contributed by atoms with Crippen LogP contribution in [0.1, 0.15) is 44.1 Å². The fourth-order valence-corrected chi connectivity index (χ4v) is 2.39. The smallest absolute Gasteiger partial charge is 0.106 e. The molecule has 0 amide bonds. The lowest BCUT2D eigenvalue weighted by Gasteiger charge is -2.17. The van der Waals surface area contributed by atoms with Crippen molar-refractivity contribution in [1.82, 2.24) is 9.55 Å². The van der Waals surface area contributed by atoms with Crippen molar-refractivity contribution in [1.29, 1.82) is 0 Å².